The van der Waals surface area contributed by atoms with E-state index in [2.05, 4.69) is 0 Å². The van der Waals surface area contributed by atoms with Gasteiger partial charge in [0.15, 0.2) is 0 Å². The second-order valence-electron chi connectivity index (χ2n) is 2.37. The number of anilines is 1. The molecule has 0 heterocycles. The number of benzene rings is 1. The number of rotatable bonds is 1. The monoisotopic (exact) mass is 194 g/mol. The van der Waals surface area contributed by atoms with Gasteiger partial charge in [0.2, 0.25) is 0 Å². The molecule has 0 aliphatic heterocycles. The van der Waals surface area contributed by atoms with Gasteiger partial charge in [-0.1, -0.05) is 0 Å². The quantitative estimate of drug-likeness (QED) is 0.408. The van der Waals surface area contributed by atoms with Crippen LogP contribution in [0, 0.1) is 5.82 Å². The van der Waals surface area contributed by atoms with E-state index >= 15 is 0 Å². The molecule has 0 spiro atoms. The highest BCUT2D eigenvalue weighted by Gasteiger charge is 2.31. The summed E-state index contributed by atoms with van der Waals surface area (Å²) >= 11 is 0. The molecule has 3 N–H and O–H groups in total. The van der Waals surface area contributed by atoms with Gasteiger partial charge in [-0.2, -0.15) is 13.2 Å². The molecule has 0 saturated heterocycles. The Bertz CT molecular complexity index is 308. The van der Waals surface area contributed by atoms with Gasteiger partial charge in [-0.25, -0.2) is 4.39 Å². The normalized spacial score (nSPS) is 11.5. The van der Waals surface area contributed by atoms with Gasteiger partial charge in [0, 0.05) is 0 Å². The van der Waals surface area contributed by atoms with Gasteiger partial charge in [0.05, 0.1) is 11.3 Å². The lowest BCUT2D eigenvalue weighted by atomic mass is 10.2. The van der Waals surface area contributed by atoms with Crippen molar-refractivity contribution in [2.24, 2.45) is 5.84 Å². The number of alkyl halides is 3. The zero-order chi connectivity index (χ0) is 10.1. The van der Waals surface area contributed by atoms with Crippen molar-refractivity contribution in [2.75, 3.05) is 5.43 Å². The fraction of sp³-hybridized carbons (Fsp3) is 0.143. The Labute approximate surface area is 71.3 Å². The van der Waals surface area contributed by atoms with Crippen LogP contribution in [0.4, 0.5) is 23.2 Å². The van der Waals surface area contributed by atoms with Gasteiger partial charge >= 0.3 is 6.18 Å². The zero-order valence-corrected chi connectivity index (χ0v) is 6.32. The molecule has 13 heavy (non-hydrogen) atoms. The van der Waals surface area contributed by atoms with E-state index < -0.39 is 17.6 Å². The molecule has 1 rings (SSSR count). The predicted octanol–water partition coefficient (Wildman–Crippen LogP) is 2.13. The number of nitrogen functional groups attached to an aromatic ring is 1. The summed E-state index contributed by atoms with van der Waals surface area (Å²) in [7, 11) is 0. The minimum absolute atomic E-state index is 0.118. The van der Waals surface area contributed by atoms with Crippen molar-refractivity contribution in [1.82, 2.24) is 0 Å². The predicted molar refractivity (Wildman–Crippen MR) is 39.2 cm³/mol. The van der Waals surface area contributed by atoms with E-state index in [-0.39, 0.29) is 5.69 Å². The Morgan fingerprint density at radius 3 is 2.23 bits per heavy atom. The van der Waals surface area contributed by atoms with E-state index in [4.69, 9.17) is 5.84 Å². The third-order valence-corrected chi connectivity index (χ3v) is 1.39. The minimum atomic E-state index is -4.56. The maximum atomic E-state index is 12.5. The molecule has 0 atom stereocenters. The lowest BCUT2D eigenvalue weighted by Crippen LogP contribution is -2.10. The highest BCUT2D eigenvalue weighted by Crippen LogP contribution is 2.31. The van der Waals surface area contributed by atoms with Crippen molar-refractivity contribution in [1.29, 1.82) is 0 Å². The number of hydrogen-bond donors (Lipinski definition) is 2. The van der Waals surface area contributed by atoms with Gasteiger partial charge in [-0.3, -0.25) is 5.84 Å². The van der Waals surface area contributed by atoms with Gasteiger partial charge < -0.3 is 5.43 Å². The molecule has 72 valence electrons. The lowest BCUT2D eigenvalue weighted by molar-refractivity contribution is -0.137. The van der Waals surface area contributed by atoms with Gasteiger partial charge in [0.1, 0.15) is 5.82 Å². The highest BCUT2D eigenvalue weighted by molar-refractivity contribution is 5.45. The smallest absolute Gasteiger partial charge is 0.324 e. The molecule has 1 aromatic carbocycles. The van der Waals surface area contributed by atoms with Crippen LogP contribution in [0.25, 0.3) is 0 Å². The molecule has 0 radical (unpaired) electrons. The fourth-order valence-electron chi connectivity index (χ4n) is 0.837. The van der Waals surface area contributed by atoms with Gasteiger partial charge in [-0.05, 0) is 18.2 Å². The van der Waals surface area contributed by atoms with Crippen molar-refractivity contribution in [3.63, 3.8) is 0 Å². The highest BCUT2D eigenvalue weighted by atomic mass is 19.4. The summed E-state index contributed by atoms with van der Waals surface area (Å²) in [6.45, 7) is 0. The standard InChI is InChI=1S/C7H6F4N2/c8-5-1-4(7(9,10)11)2-6(3-5)13-12/h1-3,13H,12H2. The summed E-state index contributed by atoms with van der Waals surface area (Å²) in [4.78, 5) is 0. The van der Waals surface area contributed by atoms with Crippen LogP contribution in [0.3, 0.4) is 0 Å². The van der Waals surface area contributed by atoms with E-state index in [1.807, 2.05) is 5.43 Å². The van der Waals surface area contributed by atoms with Gasteiger partial charge in [0.25, 0.3) is 0 Å². The summed E-state index contributed by atoms with van der Waals surface area (Å²) < 4.78 is 48.7. The van der Waals surface area contributed by atoms with E-state index in [0.29, 0.717) is 6.07 Å². The maximum absolute atomic E-state index is 12.5. The Morgan fingerprint density at radius 1 is 1.15 bits per heavy atom. The first-order chi connectivity index (χ1) is 5.93. The summed E-state index contributed by atoms with van der Waals surface area (Å²) in [6.07, 6.45) is -4.56. The van der Waals surface area contributed by atoms with Crippen LogP contribution in [0.5, 0.6) is 0 Å². The first-order valence-electron chi connectivity index (χ1n) is 3.28. The second-order valence-corrected chi connectivity index (χ2v) is 2.37. The Balaban J connectivity index is 3.16. The molecule has 0 amide bonds. The number of hydrazine groups is 1. The molecule has 0 saturated carbocycles. The van der Waals surface area contributed by atoms with Crippen molar-refractivity contribution < 1.29 is 17.6 Å². The van der Waals surface area contributed by atoms with Crippen molar-refractivity contribution >= 4 is 5.69 Å². The molecule has 6 heteroatoms. The van der Waals surface area contributed by atoms with Crippen LogP contribution >= 0.6 is 0 Å². The molecule has 0 aliphatic rings. The first-order valence-corrected chi connectivity index (χ1v) is 3.28. The SMILES string of the molecule is NNc1cc(F)cc(C(F)(F)F)c1. The molecular formula is C7H6F4N2. The first kappa shape index (κ1) is 9.79. The summed E-state index contributed by atoms with van der Waals surface area (Å²) in [6, 6.07) is 2.00. The summed E-state index contributed by atoms with van der Waals surface area (Å²) in [5.74, 6) is 3.86. The van der Waals surface area contributed by atoms with Crippen LogP contribution < -0.4 is 11.3 Å². The molecule has 1 aromatic rings. The molecule has 2 nitrogen and oxygen atoms in total. The maximum Gasteiger partial charge on any atom is 0.416 e. The molecular weight excluding hydrogens is 188 g/mol. The number of hydrogen-bond acceptors (Lipinski definition) is 2. The van der Waals surface area contributed by atoms with E-state index in [9.17, 15) is 17.6 Å². The third kappa shape index (κ3) is 2.32. The largest absolute Gasteiger partial charge is 0.416 e. The topological polar surface area (TPSA) is 38.0 Å². The fourth-order valence-corrected chi connectivity index (χ4v) is 0.837. The Hall–Kier alpha value is -1.30. The van der Waals surface area contributed by atoms with Crippen molar-refractivity contribution in [2.45, 2.75) is 6.18 Å². The second kappa shape index (κ2) is 3.21. The number of halogens is 4. The van der Waals surface area contributed by atoms with E-state index in [0.717, 1.165) is 12.1 Å². The lowest BCUT2D eigenvalue weighted by Gasteiger charge is -2.08. The van der Waals surface area contributed by atoms with E-state index in [1.165, 1.54) is 0 Å². The summed E-state index contributed by atoms with van der Waals surface area (Å²) in [5.41, 5.74) is 0.753. The van der Waals surface area contributed by atoms with Crippen LogP contribution in [0.2, 0.25) is 0 Å². The zero-order valence-electron chi connectivity index (χ0n) is 6.32. The Morgan fingerprint density at radius 2 is 1.77 bits per heavy atom. The number of nitrogens with two attached hydrogens (primary N) is 1. The minimum Gasteiger partial charge on any atom is -0.324 e. The van der Waals surface area contributed by atoms with Crippen LogP contribution in [-0.2, 0) is 6.18 Å². The van der Waals surface area contributed by atoms with Crippen LogP contribution in [0.1, 0.15) is 5.56 Å². The van der Waals surface area contributed by atoms with Crippen molar-refractivity contribution in [3.05, 3.63) is 29.6 Å². The molecule has 0 aliphatic carbocycles. The molecule has 0 unspecified atom stereocenters. The average Bonchev–Trinajstić information content (AvgIpc) is 2.01. The molecule has 0 fully saturated rings. The summed E-state index contributed by atoms with van der Waals surface area (Å²) in [5, 5.41) is 0. The molecule has 0 bridgehead atoms. The van der Waals surface area contributed by atoms with Crippen molar-refractivity contribution in [3.8, 4) is 0 Å². The van der Waals surface area contributed by atoms with E-state index in [1.54, 1.807) is 0 Å². The number of nitrogens with one attached hydrogen (secondary N) is 1. The Kier molecular flexibility index (Phi) is 2.42. The average molecular weight is 194 g/mol. The van der Waals surface area contributed by atoms with Gasteiger partial charge in [-0.15, -0.1) is 0 Å². The third-order valence-electron chi connectivity index (χ3n) is 1.39. The van der Waals surface area contributed by atoms with Crippen LogP contribution in [0.15, 0.2) is 18.2 Å². The van der Waals surface area contributed by atoms with Crippen LogP contribution in [-0.4, -0.2) is 0 Å². The molecule has 0 aromatic heterocycles.